The molecule has 2 aromatic heterocycles. The van der Waals surface area contributed by atoms with Crippen molar-refractivity contribution in [3.63, 3.8) is 0 Å². The number of thioether (sulfide) groups is 1. The molecule has 184 valence electrons. The minimum Gasteiger partial charge on any atom is -0.322 e. The number of anilines is 2. The second-order valence-corrected chi connectivity index (χ2v) is 11.0. The number of rotatable bonds is 3. The van der Waals surface area contributed by atoms with Crippen LogP contribution in [0.25, 0.3) is 11.0 Å². The first-order valence-electron chi connectivity index (χ1n) is 11.1. The maximum atomic E-state index is 13.5. The molecule has 0 atom stereocenters. The third-order valence-corrected chi connectivity index (χ3v) is 6.99. The fraction of sp³-hybridized carbons (Fsp3) is 0.417. The van der Waals surface area contributed by atoms with Crippen LogP contribution in [-0.2, 0) is 29.1 Å². The third-order valence-electron chi connectivity index (χ3n) is 6.03. The van der Waals surface area contributed by atoms with Crippen molar-refractivity contribution in [3.05, 3.63) is 50.9 Å². The van der Waals surface area contributed by atoms with Gasteiger partial charge in [-0.1, -0.05) is 44.7 Å². The number of carbonyl (C=O) groups excluding carboxylic acids is 2. The van der Waals surface area contributed by atoms with E-state index in [1.54, 1.807) is 45.2 Å². The number of aryl methyl sites for hydroxylation is 1. The van der Waals surface area contributed by atoms with Crippen LogP contribution in [0.4, 0.5) is 11.4 Å². The average Bonchev–Trinajstić information content (AvgIpc) is 2.79. The molecule has 0 saturated carbocycles. The third kappa shape index (κ3) is 4.03. The van der Waals surface area contributed by atoms with E-state index in [2.05, 4.69) is 15.3 Å². The summed E-state index contributed by atoms with van der Waals surface area (Å²) < 4.78 is 2.32. The van der Waals surface area contributed by atoms with Crippen molar-refractivity contribution in [1.29, 1.82) is 0 Å². The van der Waals surface area contributed by atoms with Gasteiger partial charge in [-0.25, -0.2) is 14.8 Å². The summed E-state index contributed by atoms with van der Waals surface area (Å²) in [7, 11) is 2.95. The van der Waals surface area contributed by atoms with Crippen molar-refractivity contribution in [3.8, 4) is 0 Å². The predicted octanol–water partition coefficient (Wildman–Crippen LogP) is 2.18. The van der Waals surface area contributed by atoms with Crippen LogP contribution in [0.15, 0.2) is 38.9 Å². The number of carbonyl (C=O) groups is 2. The van der Waals surface area contributed by atoms with Gasteiger partial charge >= 0.3 is 5.69 Å². The van der Waals surface area contributed by atoms with Gasteiger partial charge in [0.25, 0.3) is 5.56 Å². The number of para-hydroxylation sites is 2. The van der Waals surface area contributed by atoms with Crippen molar-refractivity contribution >= 4 is 46.0 Å². The Balaban J connectivity index is 1.81. The van der Waals surface area contributed by atoms with Crippen molar-refractivity contribution in [2.45, 2.75) is 50.6 Å². The van der Waals surface area contributed by atoms with Crippen LogP contribution in [0.1, 0.15) is 40.4 Å². The Bertz CT molecular complexity index is 1500. The minimum absolute atomic E-state index is 0.0767. The van der Waals surface area contributed by atoms with E-state index in [1.807, 2.05) is 20.8 Å². The second kappa shape index (κ2) is 8.33. The highest BCUT2D eigenvalue weighted by Crippen LogP contribution is 2.37. The van der Waals surface area contributed by atoms with Crippen molar-refractivity contribution < 1.29 is 9.59 Å². The zero-order valence-corrected chi connectivity index (χ0v) is 21.6. The van der Waals surface area contributed by atoms with Gasteiger partial charge in [0.05, 0.1) is 17.1 Å². The Kier molecular flexibility index (Phi) is 5.87. The van der Waals surface area contributed by atoms with Crippen LogP contribution in [0.3, 0.4) is 0 Å². The first kappa shape index (κ1) is 24.6. The van der Waals surface area contributed by atoms with Crippen LogP contribution in [0.5, 0.6) is 0 Å². The Hall–Kier alpha value is -3.47. The summed E-state index contributed by atoms with van der Waals surface area (Å²) in [5.41, 5.74) is -1.22. The summed E-state index contributed by atoms with van der Waals surface area (Å²) in [6.45, 7) is 9.16. The molecule has 4 rings (SSSR count). The van der Waals surface area contributed by atoms with Crippen molar-refractivity contribution in [2.24, 2.45) is 14.1 Å². The van der Waals surface area contributed by atoms with E-state index in [-0.39, 0.29) is 28.6 Å². The van der Waals surface area contributed by atoms with Crippen LogP contribution in [0.2, 0.25) is 0 Å². The Labute approximate surface area is 206 Å². The molecular weight excluding hydrogens is 468 g/mol. The van der Waals surface area contributed by atoms with E-state index in [1.165, 1.54) is 16.5 Å². The molecule has 0 bridgehead atoms. The Morgan fingerprint density at radius 3 is 2.37 bits per heavy atom. The molecule has 10 nitrogen and oxygen atoms in total. The van der Waals surface area contributed by atoms with Gasteiger partial charge in [0.1, 0.15) is 21.8 Å². The summed E-state index contributed by atoms with van der Waals surface area (Å²) >= 11 is 1.09. The highest BCUT2D eigenvalue weighted by atomic mass is 32.2. The van der Waals surface area contributed by atoms with E-state index in [9.17, 15) is 19.2 Å². The van der Waals surface area contributed by atoms with Crippen LogP contribution in [0, 0.1) is 0 Å². The standard InChI is InChI=1S/C24H28N6O4S/c1-23(2,3)20-26-17-16(19(32)29(7)22(34)28(17)6)18(27-20)35-12-15(31)30-14-11-9-8-10-13(14)25-21(33)24(30,4)5/h8-11H,12H2,1-7H3,(H,25,33). The number of hydrogen-bond donors (Lipinski definition) is 1. The molecule has 0 aliphatic carbocycles. The van der Waals surface area contributed by atoms with E-state index in [0.29, 0.717) is 22.2 Å². The molecule has 0 unspecified atom stereocenters. The first-order chi connectivity index (χ1) is 16.2. The van der Waals surface area contributed by atoms with Gasteiger partial charge in [0.15, 0.2) is 5.65 Å². The largest absolute Gasteiger partial charge is 0.332 e. The number of amides is 2. The molecule has 11 heteroatoms. The molecule has 1 aliphatic rings. The Morgan fingerprint density at radius 1 is 1.06 bits per heavy atom. The van der Waals surface area contributed by atoms with Crippen LogP contribution >= 0.6 is 11.8 Å². The molecular formula is C24H28N6O4S. The van der Waals surface area contributed by atoms with Gasteiger partial charge < -0.3 is 5.32 Å². The van der Waals surface area contributed by atoms with E-state index < -0.39 is 22.2 Å². The summed E-state index contributed by atoms with van der Waals surface area (Å²) in [6.07, 6.45) is 0. The Morgan fingerprint density at radius 2 is 1.71 bits per heavy atom. The van der Waals surface area contributed by atoms with Gasteiger partial charge in [-0.2, -0.15) is 0 Å². The fourth-order valence-electron chi connectivity index (χ4n) is 3.96. The fourth-order valence-corrected chi connectivity index (χ4v) is 4.83. The number of nitrogens with zero attached hydrogens (tertiary/aromatic N) is 5. The quantitative estimate of drug-likeness (QED) is 0.436. The molecule has 0 fully saturated rings. The number of benzene rings is 1. The molecule has 1 N–H and O–H groups in total. The van der Waals surface area contributed by atoms with Gasteiger partial charge in [0.2, 0.25) is 11.8 Å². The molecule has 2 amide bonds. The lowest BCUT2D eigenvalue weighted by molar-refractivity contribution is -0.125. The maximum Gasteiger partial charge on any atom is 0.332 e. The lowest BCUT2D eigenvalue weighted by atomic mass is 9.96. The van der Waals surface area contributed by atoms with Crippen molar-refractivity contribution in [2.75, 3.05) is 16.0 Å². The molecule has 3 heterocycles. The molecule has 1 aromatic carbocycles. The lowest BCUT2D eigenvalue weighted by Gasteiger charge is -2.42. The highest BCUT2D eigenvalue weighted by molar-refractivity contribution is 8.00. The molecule has 0 saturated heterocycles. The van der Waals surface area contributed by atoms with Gasteiger partial charge in [-0.15, -0.1) is 0 Å². The molecule has 35 heavy (non-hydrogen) atoms. The molecule has 0 spiro atoms. The minimum atomic E-state index is -1.11. The van der Waals surface area contributed by atoms with E-state index in [0.717, 1.165) is 16.3 Å². The van der Waals surface area contributed by atoms with E-state index in [4.69, 9.17) is 0 Å². The maximum absolute atomic E-state index is 13.5. The van der Waals surface area contributed by atoms with Gasteiger partial charge in [-0.3, -0.25) is 28.4 Å². The van der Waals surface area contributed by atoms with Crippen LogP contribution in [-0.4, -0.2) is 42.2 Å². The average molecular weight is 497 g/mol. The topological polar surface area (TPSA) is 119 Å². The number of nitrogens with one attached hydrogen (secondary N) is 1. The monoisotopic (exact) mass is 496 g/mol. The normalized spacial score (nSPS) is 15.2. The predicted molar refractivity (Wildman–Crippen MR) is 136 cm³/mol. The lowest BCUT2D eigenvalue weighted by Crippen LogP contribution is -2.59. The van der Waals surface area contributed by atoms with E-state index >= 15 is 0 Å². The second-order valence-electron chi connectivity index (χ2n) is 10.1. The summed E-state index contributed by atoms with van der Waals surface area (Å²) in [5.74, 6) is -0.229. The zero-order valence-electron chi connectivity index (χ0n) is 20.8. The molecule has 1 aliphatic heterocycles. The zero-order chi connectivity index (χ0) is 25.9. The first-order valence-corrected chi connectivity index (χ1v) is 12.1. The smallest absolute Gasteiger partial charge is 0.322 e. The SMILES string of the molecule is Cn1c(=O)c2c(SCC(=O)N3c4ccccc4NC(=O)C3(C)C)nc(C(C)(C)C)nc2n(C)c1=O. The summed E-state index contributed by atoms with van der Waals surface area (Å²) in [5, 5.41) is 3.34. The number of fused-ring (bicyclic) bond motifs is 2. The number of aromatic nitrogens is 4. The molecule has 0 radical (unpaired) electrons. The number of hydrogen-bond acceptors (Lipinski definition) is 7. The highest BCUT2D eigenvalue weighted by Gasteiger charge is 2.43. The van der Waals surface area contributed by atoms with Crippen LogP contribution < -0.4 is 21.5 Å². The summed E-state index contributed by atoms with van der Waals surface area (Å²) in [4.78, 5) is 62.5. The summed E-state index contributed by atoms with van der Waals surface area (Å²) in [6, 6.07) is 7.11. The molecule has 3 aromatic rings. The van der Waals surface area contributed by atoms with Gasteiger partial charge in [-0.05, 0) is 26.0 Å². The van der Waals surface area contributed by atoms with Gasteiger partial charge in [0, 0.05) is 19.5 Å². The van der Waals surface area contributed by atoms with Crippen molar-refractivity contribution in [1.82, 2.24) is 19.1 Å².